The molecule has 2 heterocycles. The second-order valence-electron chi connectivity index (χ2n) is 7.74. The van der Waals surface area contributed by atoms with Crippen LogP contribution in [0.5, 0.6) is 17.2 Å². The van der Waals surface area contributed by atoms with Crippen molar-refractivity contribution in [2.45, 2.75) is 13.8 Å². The molecule has 5 rings (SSSR count). The average Bonchev–Trinajstić information content (AvgIpc) is 3.35. The van der Waals surface area contributed by atoms with Crippen LogP contribution >= 0.6 is 11.3 Å². The van der Waals surface area contributed by atoms with E-state index in [1.807, 2.05) is 86.7 Å². The fraction of sp³-hybridized carbons (Fsp3) is 0.185. The maximum Gasteiger partial charge on any atom is 0.274 e. The second-order valence-corrected chi connectivity index (χ2v) is 8.75. The number of hydrogen-bond acceptors (Lipinski definition) is 6. The summed E-state index contributed by atoms with van der Waals surface area (Å²) in [5.74, 6) is 2.12. The summed E-state index contributed by atoms with van der Waals surface area (Å²) in [7, 11) is 0. The van der Waals surface area contributed by atoms with Gasteiger partial charge >= 0.3 is 0 Å². The molecule has 3 aromatic carbocycles. The van der Waals surface area contributed by atoms with Gasteiger partial charge in [-0.2, -0.15) is 0 Å². The van der Waals surface area contributed by atoms with Gasteiger partial charge in [-0.25, -0.2) is 9.38 Å². The molecule has 0 aliphatic carbocycles. The van der Waals surface area contributed by atoms with Gasteiger partial charge in [-0.05, 0) is 61.4 Å². The number of para-hydroxylation sites is 3. The number of thiazole rings is 1. The highest BCUT2D eigenvalue weighted by molar-refractivity contribution is 7.15. The summed E-state index contributed by atoms with van der Waals surface area (Å²) >= 11 is 1.38. The number of benzene rings is 3. The van der Waals surface area contributed by atoms with Gasteiger partial charge in [-0.15, -0.1) is 0 Å². The molecule has 7 heteroatoms. The van der Waals surface area contributed by atoms with Crippen LogP contribution in [0, 0.1) is 6.92 Å². The van der Waals surface area contributed by atoms with Gasteiger partial charge in [-0.3, -0.25) is 4.79 Å². The van der Waals surface area contributed by atoms with Gasteiger partial charge in [-0.1, -0.05) is 47.7 Å². The van der Waals surface area contributed by atoms with E-state index >= 15 is 0 Å². The molecule has 0 amide bonds. The molecule has 0 unspecified atom stereocenters. The standard InChI is InChI=1S/C27H24N2O4S/c1-3-31-24-16-19(12-13-23(24)33-15-14-32-22-11-7-4-8-18(22)2)17-25-26(30)29-21-10-6-5-9-20(21)28-27(29)34-25/h4-13,16-17H,3,14-15H2,1-2H3/b25-17-. The first kappa shape index (κ1) is 22.0. The SMILES string of the molecule is CCOc1cc(/C=c2\sc3nc4ccccc4n3c2=O)ccc1OCCOc1ccccc1C. The van der Waals surface area contributed by atoms with Crippen LogP contribution in [0.2, 0.25) is 0 Å². The predicted molar refractivity (Wildman–Crippen MR) is 135 cm³/mol. The van der Waals surface area contributed by atoms with Crippen molar-refractivity contribution in [1.82, 2.24) is 9.38 Å². The molecular formula is C27H24N2O4S. The quantitative estimate of drug-likeness (QED) is 0.308. The van der Waals surface area contributed by atoms with E-state index in [9.17, 15) is 4.79 Å². The highest BCUT2D eigenvalue weighted by atomic mass is 32.1. The Labute approximate surface area is 200 Å². The Balaban J connectivity index is 1.36. The van der Waals surface area contributed by atoms with Crippen LogP contribution in [0.4, 0.5) is 0 Å². The minimum absolute atomic E-state index is 0.0691. The number of imidazole rings is 1. The summed E-state index contributed by atoms with van der Waals surface area (Å²) in [6.45, 7) is 5.26. The number of fused-ring (bicyclic) bond motifs is 3. The predicted octanol–water partition coefficient (Wildman–Crippen LogP) is 4.62. The zero-order chi connectivity index (χ0) is 23.5. The first-order valence-corrected chi connectivity index (χ1v) is 12.0. The third kappa shape index (κ3) is 4.34. The molecule has 34 heavy (non-hydrogen) atoms. The molecule has 0 spiro atoms. The van der Waals surface area contributed by atoms with Gasteiger partial charge in [0, 0.05) is 0 Å². The van der Waals surface area contributed by atoms with E-state index in [2.05, 4.69) is 4.98 Å². The van der Waals surface area contributed by atoms with Crippen LogP contribution in [0.15, 0.2) is 71.5 Å². The Morgan fingerprint density at radius 1 is 0.912 bits per heavy atom. The molecule has 0 bridgehead atoms. The van der Waals surface area contributed by atoms with E-state index in [0.717, 1.165) is 27.9 Å². The molecule has 0 fully saturated rings. The highest BCUT2D eigenvalue weighted by Gasteiger charge is 2.11. The third-order valence-corrected chi connectivity index (χ3v) is 6.37. The van der Waals surface area contributed by atoms with Gasteiger partial charge in [0.25, 0.3) is 5.56 Å². The van der Waals surface area contributed by atoms with Gasteiger partial charge < -0.3 is 14.2 Å². The zero-order valence-corrected chi connectivity index (χ0v) is 19.8. The third-order valence-electron chi connectivity index (χ3n) is 5.40. The van der Waals surface area contributed by atoms with E-state index in [0.29, 0.717) is 40.8 Å². The van der Waals surface area contributed by atoms with Gasteiger partial charge in [0.15, 0.2) is 16.5 Å². The van der Waals surface area contributed by atoms with E-state index in [-0.39, 0.29) is 5.56 Å². The zero-order valence-electron chi connectivity index (χ0n) is 19.0. The molecule has 2 aromatic heterocycles. The van der Waals surface area contributed by atoms with Crippen LogP contribution in [0.3, 0.4) is 0 Å². The molecule has 0 atom stereocenters. The number of ether oxygens (including phenoxy) is 3. The minimum atomic E-state index is -0.0691. The second kappa shape index (κ2) is 9.57. The van der Waals surface area contributed by atoms with Gasteiger partial charge in [0.2, 0.25) is 0 Å². The Kier molecular flexibility index (Phi) is 6.18. The lowest BCUT2D eigenvalue weighted by Gasteiger charge is -2.13. The van der Waals surface area contributed by atoms with Crippen molar-refractivity contribution >= 4 is 33.4 Å². The topological polar surface area (TPSA) is 62.1 Å². The van der Waals surface area contributed by atoms with E-state index < -0.39 is 0 Å². The Hall–Kier alpha value is -3.84. The van der Waals surface area contributed by atoms with Crippen LogP contribution in [0.25, 0.3) is 22.1 Å². The van der Waals surface area contributed by atoms with Gasteiger partial charge in [0.1, 0.15) is 19.0 Å². The maximum absolute atomic E-state index is 13.0. The van der Waals surface area contributed by atoms with Crippen molar-refractivity contribution < 1.29 is 14.2 Å². The summed E-state index contributed by atoms with van der Waals surface area (Å²) < 4.78 is 19.8. The molecule has 0 N–H and O–H groups in total. The highest BCUT2D eigenvalue weighted by Crippen LogP contribution is 2.29. The van der Waals surface area contributed by atoms with E-state index in [1.54, 1.807) is 4.40 Å². The summed E-state index contributed by atoms with van der Waals surface area (Å²) in [5, 5.41) is 0. The van der Waals surface area contributed by atoms with Crippen LogP contribution in [0.1, 0.15) is 18.1 Å². The molecule has 172 valence electrons. The Morgan fingerprint density at radius 3 is 2.50 bits per heavy atom. The van der Waals surface area contributed by atoms with Crippen molar-refractivity contribution in [2.75, 3.05) is 19.8 Å². The Morgan fingerprint density at radius 2 is 1.68 bits per heavy atom. The lowest BCUT2D eigenvalue weighted by atomic mass is 10.2. The summed E-state index contributed by atoms with van der Waals surface area (Å²) in [6, 6.07) is 21.2. The number of aryl methyl sites for hydroxylation is 1. The molecular weight excluding hydrogens is 448 g/mol. The smallest absolute Gasteiger partial charge is 0.274 e. The molecule has 5 aromatic rings. The van der Waals surface area contributed by atoms with Gasteiger partial charge in [0.05, 0.1) is 22.2 Å². The minimum Gasteiger partial charge on any atom is -0.490 e. The van der Waals surface area contributed by atoms with Crippen molar-refractivity contribution in [2.24, 2.45) is 0 Å². The fourth-order valence-corrected chi connectivity index (χ4v) is 4.77. The van der Waals surface area contributed by atoms with Crippen molar-refractivity contribution in [3.05, 3.63) is 92.7 Å². The molecule has 0 saturated carbocycles. The van der Waals surface area contributed by atoms with E-state index in [1.165, 1.54) is 11.3 Å². The lowest BCUT2D eigenvalue weighted by Crippen LogP contribution is -2.22. The number of nitrogens with zero attached hydrogens (tertiary/aromatic N) is 2. The van der Waals surface area contributed by atoms with Crippen molar-refractivity contribution in [3.8, 4) is 17.2 Å². The normalized spacial score (nSPS) is 11.9. The molecule has 0 aliphatic heterocycles. The van der Waals surface area contributed by atoms with Crippen LogP contribution in [-0.2, 0) is 0 Å². The molecule has 6 nitrogen and oxygen atoms in total. The summed E-state index contributed by atoms with van der Waals surface area (Å²) in [4.78, 5) is 18.3. The van der Waals surface area contributed by atoms with Crippen molar-refractivity contribution in [3.63, 3.8) is 0 Å². The van der Waals surface area contributed by atoms with Crippen LogP contribution in [-0.4, -0.2) is 29.2 Å². The molecule has 0 aliphatic rings. The number of hydrogen-bond donors (Lipinski definition) is 0. The number of aromatic nitrogens is 2. The van der Waals surface area contributed by atoms with E-state index in [4.69, 9.17) is 14.2 Å². The fourth-order valence-electron chi connectivity index (χ4n) is 3.79. The monoisotopic (exact) mass is 472 g/mol. The lowest BCUT2D eigenvalue weighted by molar-refractivity contribution is 0.207. The average molecular weight is 473 g/mol. The Bertz CT molecular complexity index is 1570. The first-order valence-electron chi connectivity index (χ1n) is 11.1. The van der Waals surface area contributed by atoms with Crippen molar-refractivity contribution in [1.29, 1.82) is 0 Å². The molecule has 0 radical (unpaired) electrons. The largest absolute Gasteiger partial charge is 0.490 e. The molecule has 0 saturated heterocycles. The number of rotatable bonds is 8. The maximum atomic E-state index is 13.0. The van der Waals surface area contributed by atoms with Crippen LogP contribution < -0.4 is 24.3 Å². The summed E-state index contributed by atoms with van der Waals surface area (Å²) in [5.41, 5.74) is 3.52. The first-order chi connectivity index (χ1) is 16.6. The summed E-state index contributed by atoms with van der Waals surface area (Å²) in [6.07, 6.45) is 1.87.